The summed E-state index contributed by atoms with van der Waals surface area (Å²) in [5, 5.41) is 10.2. The minimum atomic E-state index is -0.252. The van der Waals surface area contributed by atoms with Crippen LogP contribution in [0.25, 0.3) is 0 Å². The van der Waals surface area contributed by atoms with Gasteiger partial charge >= 0.3 is 0 Å². The van der Waals surface area contributed by atoms with Crippen LogP contribution in [0.2, 0.25) is 0 Å². The topological polar surface area (TPSA) is 58.5 Å². The van der Waals surface area contributed by atoms with Gasteiger partial charge in [0.25, 0.3) is 0 Å². The Morgan fingerprint density at radius 3 is 3.00 bits per heavy atom. The van der Waals surface area contributed by atoms with Gasteiger partial charge in [0.2, 0.25) is 5.88 Å². The van der Waals surface area contributed by atoms with E-state index in [-0.39, 0.29) is 6.10 Å². The normalized spacial score (nSPS) is 19.7. The molecule has 2 rings (SSSR count). The lowest BCUT2D eigenvalue weighted by Gasteiger charge is -2.17. The zero-order chi connectivity index (χ0) is 12.3. The molecule has 0 amide bonds. The third-order valence-corrected chi connectivity index (χ3v) is 3.18. The van der Waals surface area contributed by atoms with Crippen molar-refractivity contribution in [3.8, 4) is 5.88 Å². The van der Waals surface area contributed by atoms with Crippen molar-refractivity contribution in [1.82, 2.24) is 9.97 Å². The maximum absolute atomic E-state index is 9.54. The molecular weight excluding hydrogens is 238 g/mol. The third-order valence-electron chi connectivity index (χ3n) is 2.63. The van der Waals surface area contributed by atoms with E-state index in [1.807, 2.05) is 19.2 Å². The van der Waals surface area contributed by atoms with Crippen molar-refractivity contribution >= 4 is 17.6 Å². The molecule has 1 aromatic rings. The zero-order valence-electron chi connectivity index (χ0n) is 10.1. The second-order valence-electron chi connectivity index (χ2n) is 3.87. The lowest BCUT2D eigenvalue weighted by Crippen LogP contribution is -2.22. The first kappa shape index (κ1) is 12.4. The van der Waals surface area contributed by atoms with E-state index in [4.69, 9.17) is 4.74 Å². The van der Waals surface area contributed by atoms with Crippen LogP contribution in [0.3, 0.4) is 0 Å². The van der Waals surface area contributed by atoms with Crippen LogP contribution < -0.4 is 9.64 Å². The van der Waals surface area contributed by atoms with Crippen LogP contribution in [-0.2, 0) is 0 Å². The summed E-state index contributed by atoms with van der Waals surface area (Å²) in [6.45, 7) is 3.99. The molecule has 2 heterocycles. The van der Waals surface area contributed by atoms with Crippen LogP contribution >= 0.6 is 11.8 Å². The smallest absolute Gasteiger partial charge is 0.219 e. The minimum Gasteiger partial charge on any atom is -0.478 e. The van der Waals surface area contributed by atoms with E-state index < -0.39 is 0 Å². The number of aliphatic hydroxyl groups excluding tert-OH is 1. The quantitative estimate of drug-likeness (QED) is 0.644. The molecule has 1 aliphatic rings. The number of aromatic nitrogens is 2. The number of hydrogen-bond donors (Lipinski definition) is 1. The van der Waals surface area contributed by atoms with Crippen molar-refractivity contribution < 1.29 is 9.84 Å². The lowest BCUT2D eigenvalue weighted by molar-refractivity contribution is 0.198. The van der Waals surface area contributed by atoms with Gasteiger partial charge in [-0.1, -0.05) is 11.8 Å². The Bertz CT molecular complexity index is 389. The Morgan fingerprint density at radius 1 is 1.59 bits per heavy atom. The third kappa shape index (κ3) is 3.01. The fraction of sp³-hybridized carbons (Fsp3) is 0.636. The summed E-state index contributed by atoms with van der Waals surface area (Å²) in [5.74, 6) is 1.44. The van der Waals surface area contributed by atoms with Crippen molar-refractivity contribution in [3.63, 3.8) is 0 Å². The number of anilines is 1. The molecule has 1 saturated heterocycles. The van der Waals surface area contributed by atoms with Crippen LogP contribution in [0, 0.1) is 0 Å². The Morgan fingerprint density at radius 2 is 2.41 bits per heavy atom. The summed E-state index contributed by atoms with van der Waals surface area (Å²) < 4.78 is 5.42. The molecule has 0 saturated carbocycles. The molecule has 1 atom stereocenters. The lowest BCUT2D eigenvalue weighted by atomic mass is 10.3. The fourth-order valence-corrected chi connectivity index (χ4v) is 2.18. The summed E-state index contributed by atoms with van der Waals surface area (Å²) in [5.41, 5.74) is 0. The highest BCUT2D eigenvalue weighted by Crippen LogP contribution is 2.24. The highest BCUT2D eigenvalue weighted by Gasteiger charge is 2.22. The molecule has 6 heteroatoms. The first-order valence-electron chi connectivity index (χ1n) is 5.71. The van der Waals surface area contributed by atoms with Crippen LogP contribution in [0.4, 0.5) is 5.82 Å². The van der Waals surface area contributed by atoms with E-state index in [0.717, 1.165) is 18.8 Å². The largest absolute Gasteiger partial charge is 0.478 e. The van der Waals surface area contributed by atoms with Crippen LogP contribution in [0.5, 0.6) is 5.88 Å². The molecule has 0 radical (unpaired) electrons. The minimum absolute atomic E-state index is 0.252. The van der Waals surface area contributed by atoms with Gasteiger partial charge in [0.05, 0.1) is 12.7 Å². The molecule has 0 spiro atoms. The fourth-order valence-electron chi connectivity index (χ4n) is 1.82. The molecule has 1 N–H and O–H groups in total. The number of ether oxygens (including phenoxy) is 1. The Balaban J connectivity index is 2.23. The second-order valence-corrected chi connectivity index (χ2v) is 4.65. The molecule has 94 valence electrons. The highest BCUT2D eigenvalue weighted by atomic mass is 32.2. The van der Waals surface area contributed by atoms with Crippen molar-refractivity contribution in [2.24, 2.45) is 0 Å². The Labute approximate surface area is 105 Å². The first-order chi connectivity index (χ1) is 8.22. The van der Waals surface area contributed by atoms with Gasteiger partial charge in [-0.3, -0.25) is 0 Å². The molecule has 1 aliphatic heterocycles. The number of aliphatic hydroxyl groups is 1. The predicted octanol–water partition coefficient (Wildman–Crippen LogP) is 1.17. The molecule has 0 aromatic carbocycles. The van der Waals surface area contributed by atoms with Crippen LogP contribution in [0.1, 0.15) is 13.3 Å². The van der Waals surface area contributed by atoms with Crippen molar-refractivity contribution in [2.75, 3.05) is 30.9 Å². The van der Waals surface area contributed by atoms with Crippen LogP contribution in [0.15, 0.2) is 11.2 Å². The molecule has 17 heavy (non-hydrogen) atoms. The summed E-state index contributed by atoms with van der Waals surface area (Å²) in [6, 6.07) is 1.83. The summed E-state index contributed by atoms with van der Waals surface area (Å²) in [4.78, 5) is 10.8. The van der Waals surface area contributed by atoms with E-state index >= 15 is 0 Å². The van der Waals surface area contributed by atoms with Gasteiger partial charge in [0.1, 0.15) is 5.82 Å². The predicted molar refractivity (Wildman–Crippen MR) is 67.8 cm³/mol. The molecular formula is C11H17N3O2S. The molecule has 5 nitrogen and oxygen atoms in total. The average molecular weight is 255 g/mol. The van der Waals surface area contributed by atoms with E-state index in [2.05, 4.69) is 14.9 Å². The maximum atomic E-state index is 9.54. The average Bonchev–Trinajstić information content (AvgIpc) is 2.76. The summed E-state index contributed by atoms with van der Waals surface area (Å²) in [6.07, 6.45) is 2.48. The van der Waals surface area contributed by atoms with Gasteiger partial charge in [-0.25, -0.2) is 4.98 Å². The van der Waals surface area contributed by atoms with Gasteiger partial charge in [-0.05, 0) is 19.6 Å². The van der Waals surface area contributed by atoms with E-state index in [0.29, 0.717) is 24.2 Å². The second kappa shape index (κ2) is 5.55. The molecule has 0 bridgehead atoms. The van der Waals surface area contributed by atoms with Crippen molar-refractivity contribution in [1.29, 1.82) is 0 Å². The number of rotatable bonds is 4. The number of hydrogen-bond acceptors (Lipinski definition) is 6. The van der Waals surface area contributed by atoms with Gasteiger partial charge in [-0.2, -0.15) is 4.98 Å². The Kier molecular flexibility index (Phi) is 4.06. The van der Waals surface area contributed by atoms with E-state index in [9.17, 15) is 5.11 Å². The van der Waals surface area contributed by atoms with Crippen LogP contribution in [-0.4, -0.2) is 47.1 Å². The Hall–Kier alpha value is -1.01. The first-order valence-corrected chi connectivity index (χ1v) is 6.94. The molecule has 0 unspecified atom stereocenters. The summed E-state index contributed by atoms with van der Waals surface area (Å²) in [7, 11) is 0. The van der Waals surface area contributed by atoms with Crippen molar-refractivity contribution in [2.45, 2.75) is 24.6 Å². The monoisotopic (exact) mass is 255 g/mol. The standard InChI is InChI=1S/C11H17N3O2S/c1-3-16-10-6-9(12-11(13-10)17-2)14-5-4-8(15)7-14/h6,8,15H,3-5,7H2,1-2H3/t8-/m1/s1. The van der Waals surface area contributed by atoms with E-state index in [1.54, 1.807) is 0 Å². The number of β-amino-alcohol motifs (C(OH)–C–C–N with tert-alkyl or cyclic N) is 1. The number of nitrogens with zero attached hydrogens (tertiary/aromatic N) is 3. The number of thioether (sulfide) groups is 1. The molecule has 0 aliphatic carbocycles. The molecule has 1 fully saturated rings. The van der Waals surface area contributed by atoms with Crippen molar-refractivity contribution in [3.05, 3.63) is 6.07 Å². The van der Waals surface area contributed by atoms with E-state index in [1.165, 1.54) is 11.8 Å². The maximum Gasteiger partial charge on any atom is 0.219 e. The SMILES string of the molecule is CCOc1cc(N2CC[C@@H](O)C2)nc(SC)n1. The van der Waals surface area contributed by atoms with Gasteiger partial charge in [0, 0.05) is 19.2 Å². The van der Waals surface area contributed by atoms with Gasteiger partial charge in [-0.15, -0.1) is 0 Å². The summed E-state index contributed by atoms with van der Waals surface area (Å²) >= 11 is 1.49. The zero-order valence-corrected chi connectivity index (χ0v) is 10.9. The highest BCUT2D eigenvalue weighted by molar-refractivity contribution is 7.98. The molecule has 1 aromatic heterocycles. The van der Waals surface area contributed by atoms with Gasteiger partial charge < -0.3 is 14.7 Å². The van der Waals surface area contributed by atoms with Gasteiger partial charge in [0.15, 0.2) is 5.16 Å².